The van der Waals surface area contributed by atoms with Crippen molar-refractivity contribution in [3.63, 3.8) is 0 Å². The number of benzene rings is 5. The summed E-state index contributed by atoms with van der Waals surface area (Å²) in [6.45, 7) is 12.9. The van der Waals surface area contributed by atoms with Gasteiger partial charge in [0.2, 0.25) is 0 Å². The van der Waals surface area contributed by atoms with Gasteiger partial charge in [-0.3, -0.25) is 0 Å². The van der Waals surface area contributed by atoms with Crippen LogP contribution in [0.25, 0.3) is 60.5 Å². The van der Waals surface area contributed by atoms with E-state index in [1.54, 1.807) is 0 Å². The van der Waals surface area contributed by atoms with Gasteiger partial charge in [-0.2, -0.15) is 0 Å². The number of nitrogens with one attached hydrogen (secondary N) is 2. The molecule has 0 fully saturated rings. The van der Waals surface area contributed by atoms with Crippen molar-refractivity contribution in [3.05, 3.63) is 175 Å². The average molecular weight is 638 g/mol. The minimum Gasteiger partial charge on any atom is -0.393 e. The Morgan fingerprint density at radius 1 is 0.755 bits per heavy atom. The van der Waals surface area contributed by atoms with Crippen LogP contribution in [-0.4, -0.2) is 18.3 Å². The number of hydrogen-bond acceptors (Lipinski definition) is 2. The van der Waals surface area contributed by atoms with E-state index in [4.69, 9.17) is 5.41 Å². The standard InChI is InChI=1S/C45H40N2.CH3N/c1-5-15-31(6-2)37-18-11-13-21-40(37)35-23-26-42-43-27-24-34-28-33(39-20-14-12-19-38(39)32(7-3)30-46-4)22-25-41(34)45(43)47(44(42)29-35)36-16-9-8-10-17-36;1-2/h6-10,12,14-30,46H,2-3,5,11,13H2,1,4H3;2H,1H2/b31-15+,32-30+;. The van der Waals surface area contributed by atoms with Crippen molar-refractivity contribution in [2.75, 3.05) is 7.05 Å². The van der Waals surface area contributed by atoms with E-state index in [1.165, 1.54) is 66.0 Å². The fourth-order valence-corrected chi connectivity index (χ4v) is 7.15. The molecule has 0 spiro atoms. The monoisotopic (exact) mass is 637 g/mol. The fourth-order valence-electron chi connectivity index (χ4n) is 7.15. The van der Waals surface area contributed by atoms with Gasteiger partial charge in [0.1, 0.15) is 0 Å². The van der Waals surface area contributed by atoms with Crippen LogP contribution in [0.3, 0.4) is 0 Å². The maximum absolute atomic E-state index is 5.50. The lowest BCUT2D eigenvalue weighted by Crippen LogP contribution is -1.99. The highest BCUT2D eigenvalue weighted by molar-refractivity contribution is 6.19. The molecule has 49 heavy (non-hydrogen) atoms. The molecule has 0 unspecified atom stereocenters. The van der Waals surface area contributed by atoms with E-state index in [9.17, 15) is 0 Å². The summed E-state index contributed by atoms with van der Waals surface area (Å²) >= 11 is 0. The molecule has 1 aliphatic carbocycles. The first-order valence-electron chi connectivity index (χ1n) is 16.9. The van der Waals surface area contributed by atoms with E-state index >= 15 is 0 Å². The van der Waals surface area contributed by atoms with Crippen LogP contribution in [0.1, 0.15) is 37.3 Å². The van der Waals surface area contributed by atoms with E-state index in [-0.39, 0.29) is 0 Å². The molecule has 0 bridgehead atoms. The van der Waals surface area contributed by atoms with Crippen molar-refractivity contribution >= 4 is 50.4 Å². The molecule has 0 aliphatic heterocycles. The van der Waals surface area contributed by atoms with Gasteiger partial charge in [-0.15, -0.1) is 0 Å². The first kappa shape index (κ1) is 33.0. The Morgan fingerprint density at radius 3 is 2.20 bits per heavy atom. The van der Waals surface area contributed by atoms with E-state index in [2.05, 4.69) is 158 Å². The number of nitrogens with zero attached hydrogens (tertiary/aromatic N) is 1. The molecule has 0 radical (unpaired) electrons. The minimum atomic E-state index is 0.982. The molecule has 6 aromatic rings. The van der Waals surface area contributed by atoms with E-state index < -0.39 is 0 Å². The molecule has 1 heterocycles. The molecule has 5 aromatic carbocycles. The molecule has 0 saturated heterocycles. The maximum Gasteiger partial charge on any atom is 0.0619 e. The van der Waals surface area contributed by atoms with E-state index in [0.29, 0.717) is 0 Å². The first-order chi connectivity index (χ1) is 24.2. The highest BCUT2D eigenvalue weighted by Crippen LogP contribution is 2.41. The smallest absolute Gasteiger partial charge is 0.0619 e. The number of allylic oxidation sites excluding steroid dienone is 9. The Bertz CT molecular complexity index is 2310. The highest BCUT2D eigenvalue weighted by Gasteiger charge is 2.19. The summed E-state index contributed by atoms with van der Waals surface area (Å²) in [4.78, 5) is 0. The number of para-hydroxylation sites is 1. The predicted octanol–water partition coefficient (Wildman–Crippen LogP) is 12.2. The lowest BCUT2D eigenvalue weighted by atomic mass is 9.86. The molecule has 1 aromatic heterocycles. The quantitative estimate of drug-likeness (QED) is 0.120. The second-order valence-electron chi connectivity index (χ2n) is 12.0. The molecule has 2 N–H and O–H groups in total. The van der Waals surface area contributed by atoms with Gasteiger partial charge in [0.25, 0.3) is 0 Å². The molecule has 242 valence electrons. The average Bonchev–Trinajstić information content (AvgIpc) is 3.51. The molecule has 0 saturated carbocycles. The summed E-state index contributed by atoms with van der Waals surface area (Å²) < 4.78 is 2.46. The van der Waals surface area contributed by atoms with Crippen LogP contribution in [0.15, 0.2) is 164 Å². The number of hydrogen-bond donors (Lipinski definition) is 2. The van der Waals surface area contributed by atoms with Gasteiger partial charge in [-0.1, -0.05) is 129 Å². The maximum atomic E-state index is 5.50. The Hall–Kier alpha value is -5.93. The lowest BCUT2D eigenvalue weighted by Gasteiger charge is -2.19. The molecule has 0 amide bonds. The number of aromatic nitrogens is 1. The molecule has 3 nitrogen and oxygen atoms in total. The zero-order valence-electron chi connectivity index (χ0n) is 28.5. The number of fused-ring (bicyclic) bond motifs is 5. The van der Waals surface area contributed by atoms with E-state index in [1.807, 2.05) is 25.4 Å². The molecular weight excluding hydrogens is 595 g/mol. The van der Waals surface area contributed by atoms with Crippen LogP contribution in [0.4, 0.5) is 0 Å². The van der Waals surface area contributed by atoms with Gasteiger partial charge < -0.3 is 15.3 Å². The summed E-state index contributed by atoms with van der Waals surface area (Å²) in [6.07, 6.45) is 16.1. The second kappa shape index (κ2) is 14.9. The SMILES string of the molecule is C=C/C(=C\CC)C1=CCCC=C1c1ccc2c3ccc4cc(-c5ccccc5/C(C=C)=C/NC)ccc4c3n(-c3ccccc3)c2c1.C=N. The van der Waals surface area contributed by atoms with Crippen LogP contribution in [0.5, 0.6) is 0 Å². The van der Waals surface area contributed by atoms with Gasteiger partial charge in [0.05, 0.1) is 11.0 Å². The van der Waals surface area contributed by atoms with Crippen molar-refractivity contribution in [1.82, 2.24) is 9.88 Å². The van der Waals surface area contributed by atoms with Crippen molar-refractivity contribution in [2.24, 2.45) is 0 Å². The molecule has 0 atom stereocenters. The van der Waals surface area contributed by atoms with Crippen molar-refractivity contribution in [1.29, 1.82) is 5.41 Å². The number of rotatable bonds is 9. The van der Waals surface area contributed by atoms with Crippen LogP contribution >= 0.6 is 0 Å². The second-order valence-corrected chi connectivity index (χ2v) is 12.0. The molecule has 7 rings (SSSR count). The topological polar surface area (TPSA) is 40.8 Å². The summed E-state index contributed by atoms with van der Waals surface area (Å²) in [5, 5.41) is 13.6. The predicted molar refractivity (Wildman–Crippen MR) is 215 cm³/mol. The third-order valence-electron chi connectivity index (χ3n) is 9.25. The Kier molecular flexibility index (Phi) is 10.0. The lowest BCUT2D eigenvalue weighted by molar-refractivity contribution is 1.02. The Balaban J connectivity index is 0.00000205. The fraction of sp³-hybridized carbons (Fsp3) is 0.109. The van der Waals surface area contributed by atoms with Crippen LogP contribution in [0, 0.1) is 5.41 Å². The highest BCUT2D eigenvalue weighted by atomic mass is 15.0. The Morgan fingerprint density at radius 2 is 1.45 bits per heavy atom. The molecule has 3 heteroatoms. The third kappa shape index (κ3) is 6.12. The minimum absolute atomic E-state index is 0.982. The molecule has 1 aliphatic rings. The van der Waals surface area contributed by atoms with Crippen LogP contribution < -0.4 is 5.32 Å². The van der Waals surface area contributed by atoms with Crippen molar-refractivity contribution in [3.8, 4) is 16.8 Å². The summed E-state index contributed by atoms with van der Waals surface area (Å²) in [6, 6.07) is 37.8. The molecular formula is C46H43N3. The van der Waals surface area contributed by atoms with Gasteiger partial charge in [0.15, 0.2) is 0 Å². The van der Waals surface area contributed by atoms with Gasteiger partial charge >= 0.3 is 0 Å². The summed E-state index contributed by atoms with van der Waals surface area (Å²) in [5.41, 5.74) is 13.2. The third-order valence-corrected chi connectivity index (χ3v) is 9.25. The van der Waals surface area contributed by atoms with E-state index in [0.717, 1.165) is 36.1 Å². The largest absolute Gasteiger partial charge is 0.393 e. The zero-order valence-corrected chi connectivity index (χ0v) is 28.5. The first-order valence-corrected chi connectivity index (χ1v) is 16.9. The Labute approximate surface area is 290 Å². The van der Waals surface area contributed by atoms with Crippen molar-refractivity contribution < 1.29 is 0 Å². The normalized spacial score (nSPS) is 13.4. The summed E-state index contributed by atoms with van der Waals surface area (Å²) in [7, 11) is 1.92. The van der Waals surface area contributed by atoms with Crippen LogP contribution in [-0.2, 0) is 0 Å². The van der Waals surface area contributed by atoms with Gasteiger partial charge in [-0.25, -0.2) is 0 Å². The van der Waals surface area contributed by atoms with Crippen LogP contribution in [0.2, 0.25) is 0 Å². The zero-order chi connectivity index (χ0) is 34.3. The summed E-state index contributed by atoms with van der Waals surface area (Å²) in [5.74, 6) is 0. The van der Waals surface area contributed by atoms with Gasteiger partial charge in [0, 0.05) is 35.1 Å². The van der Waals surface area contributed by atoms with Crippen molar-refractivity contribution in [2.45, 2.75) is 26.2 Å². The van der Waals surface area contributed by atoms with Gasteiger partial charge in [-0.05, 0) is 100 Å².